The van der Waals surface area contributed by atoms with Crippen LogP contribution in [0.1, 0.15) is 0 Å². The fourth-order valence-corrected chi connectivity index (χ4v) is 8.15. The van der Waals surface area contributed by atoms with E-state index in [1.54, 1.807) is 6.07 Å². The maximum atomic E-state index is 12.1. The van der Waals surface area contributed by atoms with Crippen LogP contribution in [0.15, 0.2) is 87.5 Å². The van der Waals surface area contributed by atoms with Gasteiger partial charge in [0.05, 0.1) is 14.7 Å². The summed E-state index contributed by atoms with van der Waals surface area (Å²) in [6, 6.07) is 16.1. The van der Waals surface area contributed by atoms with Crippen LogP contribution in [0.5, 0.6) is 0 Å². The monoisotopic (exact) mass is 946 g/mol. The maximum absolute atomic E-state index is 12.1. The number of aromatic amines is 2. The Morgan fingerprint density at radius 3 is 1.18 bits per heavy atom. The van der Waals surface area contributed by atoms with Crippen LogP contribution in [0.3, 0.4) is 0 Å². The molecule has 24 heteroatoms. The molecule has 2 aliphatic rings. The van der Waals surface area contributed by atoms with Gasteiger partial charge in [0.2, 0.25) is 0 Å². The minimum absolute atomic E-state index is 0. The van der Waals surface area contributed by atoms with Crippen LogP contribution < -0.4 is 88.7 Å². The number of rotatable bonds is 3. The summed E-state index contributed by atoms with van der Waals surface area (Å²) < 4.78 is 109. The van der Waals surface area contributed by atoms with Crippen LogP contribution in [0.2, 0.25) is 0 Å². The summed E-state index contributed by atoms with van der Waals surface area (Å²) in [4.78, 5) is 32.5. The van der Waals surface area contributed by atoms with E-state index in [-0.39, 0.29) is 162 Å². The minimum atomic E-state index is -4.94. The van der Waals surface area contributed by atoms with Crippen LogP contribution >= 0.6 is 22.6 Å². The zero-order valence-electron chi connectivity index (χ0n) is 28.9. The van der Waals surface area contributed by atoms with E-state index in [0.717, 1.165) is 40.0 Å². The molecule has 56 heavy (non-hydrogen) atoms. The van der Waals surface area contributed by atoms with Crippen LogP contribution in [0.25, 0.3) is 89.7 Å². The normalized spacial score (nSPS) is 12.3. The van der Waals surface area contributed by atoms with Crippen molar-refractivity contribution in [2.45, 2.75) is 14.7 Å². The summed E-state index contributed by atoms with van der Waals surface area (Å²) in [5.74, 6) is -0.0315. The van der Waals surface area contributed by atoms with E-state index in [2.05, 4.69) is 52.5 Å². The number of H-pyrrole nitrogens is 2. The largest absolute Gasteiger partial charge is 1.00 e. The van der Waals surface area contributed by atoms with E-state index in [1.165, 1.54) is 18.2 Å². The average molecular weight is 947 g/mol. The molecule has 17 nitrogen and oxygen atoms in total. The predicted octanol–water partition coefficient (Wildman–Crippen LogP) is -4.80. The molecule has 2 N–H and O–H groups in total. The molecule has 0 amide bonds. The molecule has 0 aliphatic carbocycles. The molecule has 0 atom stereocenters. The fourth-order valence-electron chi connectivity index (χ4n) is 6.17. The van der Waals surface area contributed by atoms with E-state index < -0.39 is 45.0 Å². The molecule has 0 saturated carbocycles. The van der Waals surface area contributed by atoms with Crippen LogP contribution in [0, 0.1) is 3.57 Å². The summed E-state index contributed by atoms with van der Waals surface area (Å²) in [7, 11) is -14.7. The topological polar surface area (TPSA) is 281 Å². The van der Waals surface area contributed by atoms with Crippen molar-refractivity contribution in [2.24, 2.45) is 0 Å². The molecule has 0 saturated heterocycles. The quantitative estimate of drug-likeness (QED) is 0.0956. The third kappa shape index (κ3) is 7.66. The van der Waals surface area contributed by atoms with Gasteiger partial charge in [0.15, 0.2) is 23.3 Å². The van der Waals surface area contributed by atoms with Crippen molar-refractivity contribution < 1.29 is 128 Å². The first-order chi connectivity index (χ1) is 25.0. The van der Waals surface area contributed by atoms with Crippen molar-refractivity contribution in [3.63, 3.8) is 0 Å². The standard InChI is InChI=1S/C32H17IN8O9S3.3Na/c33-13-1-5-17-21(9-13)29-34-25(17)36-30-23-11-15(52(45,46)47)3-7-19(23)27(38-30)40-32-24-12-16(53(48,49)50)4-8-20(24)28(41-32)39-31-22-10-14(51(42,43)44)2-6-18(22)26(35-29)37-31;;;/h1-12H,(H,42,43,44)(H,45,46,47)(H,48,49,50)(H2,34,35,36,37,38,39,40,41);;;/q;3*+1/p-3. The van der Waals surface area contributed by atoms with E-state index >= 15 is 0 Å². The summed E-state index contributed by atoms with van der Waals surface area (Å²) in [6.07, 6.45) is 0. The first kappa shape index (κ1) is 43.3. The SMILES string of the molecule is O=S(=O)([O-])c1ccc2c(c1)-c1nc-2nc2[nH]c(nc3nc(nc4[nH]c(n1)c1ccc(I)cc41)-c1ccc(S(=O)(=O)[O-])cc1-3)c1ccc(S(=O)(=O)[O-])cc21.[Na+].[Na+].[Na+]. The molecule has 7 aromatic rings. The first-order valence-corrected chi connectivity index (χ1v) is 20.2. The average Bonchev–Trinajstić information content (AvgIpc) is 3.81. The van der Waals surface area contributed by atoms with Gasteiger partial charge >= 0.3 is 88.7 Å². The predicted molar refractivity (Wildman–Crippen MR) is 193 cm³/mol. The number of nitrogens with one attached hydrogen (secondary N) is 2. The molecule has 0 unspecified atom stereocenters. The second-order valence-corrected chi connectivity index (χ2v) is 17.2. The Morgan fingerprint density at radius 2 is 0.750 bits per heavy atom. The van der Waals surface area contributed by atoms with E-state index in [9.17, 15) is 38.9 Å². The summed E-state index contributed by atoms with van der Waals surface area (Å²) in [5, 5.41) is 1.54. The fraction of sp³-hybridized carbons (Fsp3) is 0. The third-order valence-electron chi connectivity index (χ3n) is 8.57. The number of benzene rings is 4. The summed E-state index contributed by atoms with van der Waals surface area (Å²) in [5.41, 5.74) is 1.42. The van der Waals surface area contributed by atoms with Gasteiger partial charge in [-0.1, -0.05) is 0 Å². The van der Waals surface area contributed by atoms with Crippen LogP contribution in [-0.4, -0.2) is 78.8 Å². The molecule has 3 aromatic heterocycles. The van der Waals surface area contributed by atoms with Gasteiger partial charge in [-0.25, -0.2) is 55.2 Å². The van der Waals surface area contributed by atoms with Crippen molar-refractivity contribution in [1.82, 2.24) is 39.9 Å². The van der Waals surface area contributed by atoms with Gasteiger partial charge in [-0.2, -0.15) is 0 Å². The van der Waals surface area contributed by atoms with Gasteiger partial charge in [-0.05, 0) is 95.4 Å². The molecular formula is C32H14IN8Na3O9S3. The Hall–Kier alpha value is -2.30. The van der Waals surface area contributed by atoms with Crippen molar-refractivity contribution in [3.8, 4) is 45.6 Å². The van der Waals surface area contributed by atoms with Crippen molar-refractivity contribution >= 4 is 97.1 Å². The number of halogens is 1. The van der Waals surface area contributed by atoms with Gasteiger partial charge in [-0.15, -0.1) is 0 Å². The van der Waals surface area contributed by atoms with E-state index in [0.29, 0.717) is 16.3 Å². The molecule has 9 rings (SSSR count). The smallest absolute Gasteiger partial charge is 0.744 e. The van der Waals surface area contributed by atoms with E-state index in [1.807, 2.05) is 12.1 Å². The Morgan fingerprint density at radius 1 is 0.411 bits per heavy atom. The zero-order chi connectivity index (χ0) is 37.2. The van der Waals surface area contributed by atoms with Gasteiger partial charge in [0.25, 0.3) is 0 Å². The van der Waals surface area contributed by atoms with Gasteiger partial charge < -0.3 is 23.6 Å². The molecular weight excluding hydrogens is 932 g/mol. The number of hydrogen-bond acceptors (Lipinski definition) is 15. The molecule has 264 valence electrons. The van der Waals surface area contributed by atoms with Gasteiger partial charge in [0.1, 0.15) is 52.9 Å². The second-order valence-electron chi connectivity index (χ2n) is 11.8. The maximum Gasteiger partial charge on any atom is 1.00 e. The summed E-state index contributed by atoms with van der Waals surface area (Å²) in [6.45, 7) is 0. The summed E-state index contributed by atoms with van der Waals surface area (Å²) >= 11 is 2.13. The van der Waals surface area contributed by atoms with Crippen molar-refractivity contribution in [1.29, 1.82) is 0 Å². The van der Waals surface area contributed by atoms with Crippen molar-refractivity contribution in [2.75, 3.05) is 0 Å². The van der Waals surface area contributed by atoms with Gasteiger partial charge in [-0.3, -0.25) is 0 Å². The molecule has 5 heterocycles. The third-order valence-corrected chi connectivity index (χ3v) is 11.7. The van der Waals surface area contributed by atoms with Crippen LogP contribution in [-0.2, 0) is 30.4 Å². The molecule has 4 aromatic carbocycles. The second kappa shape index (κ2) is 15.4. The Balaban J connectivity index is 0.00000177. The van der Waals surface area contributed by atoms with Gasteiger partial charge in [0, 0.05) is 47.4 Å². The molecule has 2 aliphatic heterocycles. The molecule has 0 spiro atoms. The molecule has 0 radical (unpaired) electrons. The van der Waals surface area contributed by atoms with Crippen molar-refractivity contribution in [3.05, 3.63) is 76.4 Å². The number of nitrogens with zero attached hydrogens (tertiary/aromatic N) is 6. The number of fused-ring (bicyclic) bond motifs is 20. The Labute approximate surface area is 395 Å². The zero-order valence-corrected chi connectivity index (χ0v) is 39.5. The number of hydrogen-bond donors (Lipinski definition) is 2. The number of aromatic nitrogens is 8. The van der Waals surface area contributed by atoms with E-state index in [4.69, 9.17) is 9.97 Å². The Bertz CT molecular complexity index is 3330. The molecule has 8 bridgehead atoms. The minimum Gasteiger partial charge on any atom is -0.744 e. The van der Waals surface area contributed by atoms with Crippen LogP contribution in [0.4, 0.5) is 0 Å². The molecule has 0 fully saturated rings. The Kier molecular flexibility index (Phi) is 11.9. The first-order valence-electron chi connectivity index (χ1n) is 14.9.